The first-order valence-electron chi connectivity index (χ1n) is 19.3. The Hall–Kier alpha value is -6.76. The van der Waals surface area contributed by atoms with E-state index in [0.717, 1.165) is 11.1 Å². The molecule has 0 bridgehead atoms. The largest absolute Gasteiger partial charge is 0.0984 e. The molecule has 11 rings (SSSR count). The maximum atomic E-state index is 4.17. The zero-order valence-corrected chi connectivity index (χ0v) is 31.0. The summed E-state index contributed by atoms with van der Waals surface area (Å²) in [5.41, 5.74) is 19.1. The molecule has 2 aliphatic carbocycles. The lowest BCUT2D eigenvalue weighted by Gasteiger charge is -2.22. The van der Waals surface area contributed by atoms with Gasteiger partial charge in [0.15, 0.2) is 0 Å². The summed E-state index contributed by atoms with van der Waals surface area (Å²) in [5.74, 6) is 0. The van der Waals surface area contributed by atoms with E-state index >= 15 is 0 Å². The molecule has 0 aliphatic heterocycles. The maximum Gasteiger partial charge on any atom is 0.0159 e. The fourth-order valence-electron chi connectivity index (χ4n) is 9.64. The second kappa shape index (κ2) is 11.9. The minimum Gasteiger partial charge on any atom is -0.0984 e. The van der Waals surface area contributed by atoms with Crippen molar-refractivity contribution in [3.63, 3.8) is 0 Å². The molecule has 0 fully saturated rings. The predicted octanol–water partition coefficient (Wildman–Crippen LogP) is 15.2. The van der Waals surface area contributed by atoms with Gasteiger partial charge in [0.2, 0.25) is 0 Å². The zero-order chi connectivity index (χ0) is 36.8. The summed E-state index contributed by atoms with van der Waals surface area (Å²) in [4.78, 5) is 0. The molecule has 0 heterocycles. The molecule has 2 aliphatic rings. The monoisotopic (exact) mass is 698 g/mol. The van der Waals surface area contributed by atoms with E-state index in [1.54, 1.807) is 0 Å². The van der Waals surface area contributed by atoms with Crippen molar-refractivity contribution in [3.8, 4) is 55.6 Å². The van der Waals surface area contributed by atoms with E-state index in [-0.39, 0.29) is 5.41 Å². The normalized spacial score (nSPS) is 13.4. The summed E-state index contributed by atoms with van der Waals surface area (Å²) >= 11 is 0. The van der Waals surface area contributed by atoms with E-state index in [9.17, 15) is 0 Å². The van der Waals surface area contributed by atoms with Crippen LogP contribution in [0.5, 0.6) is 0 Å². The van der Waals surface area contributed by atoms with Crippen LogP contribution < -0.4 is 0 Å². The maximum absolute atomic E-state index is 4.17. The van der Waals surface area contributed by atoms with Crippen LogP contribution in [-0.4, -0.2) is 0 Å². The van der Waals surface area contributed by atoms with Gasteiger partial charge in [-0.05, 0) is 134 Å². The SMILES string of the molecule is C=Cc1ccc(-c2ccc3c4c(cccc24)-c2ccccc2-3)cc1C=Cc1ccc2c(c1)C(C)(C)c1cc(-c3cc4ccccc4c4ccccc34)ccc1-2. The molecule has 9 aromatic rings. The van der Waals surface area contributed by atoms with Gasteiger partial charge in [0.1, 0.15) is 0 Å². The average Bonchev–Trinajstić information content (AvgIpc) is 3.68. The highest BCUT2D eigenvalue weighted by molar-refractivity contribution is 6.19. The van der Waals surface area contributed by atoms with Crippen LogP contribution >= 0.6 is 0 Å². The van der Waals surface area contributed by atoms with Crippen LogP contribution in [0, 0.1) is 0 Å². The van der Waals surface area contributed by atoms with Crippen LogP contribution in [0.15, 0.2) is 170 Å². The Kier molecular flexibility index (Phi) is 6.85. The molecular formula is C55H38. The summed E-state index contributed by atoms with van der Waals surface area (Å²) < 4.78 is 0. The van der Waals surface area contributed by atoms with Crippen molar-refractivity contribution in [1.29, 1.82) is 0 Å². The molecule has 9 aromatic carbocycles. The van der Waals surface area contributed by atoms with Crippen molar-refractivity contribution in [1.82, 2.24) is 0 Å². The van der Waals surface area contributed by atoms with Gasteiger partial charge in [0, 0.05) is 5.41 Å². The van der Waals surface area contributed by atoms with Crippen molar-refractivity contribution >= 4 is 50.5 Å². The van der Waals surface area contributed by atoms with Crippen molar-refractivity contribution < 1.29 is 0 Å². The number of hydrogen-bond donors (Lipinski definition) is 0. The van der Waals surface area contributed by atoms with E-state index in [1.165, 1.54) is 105 Å². The quantitative estimate of drug-likeness (QED) is 0.124. The number of fused-ring (bicyclic) bond motifs is 9. The molecule has 0 unspecified atom stereocenters. The fourth-order valence-corrected chi connectivity index (χ4v) is 9.64. The molecule has 0 spiro atoms. The highest BCUT2D eigenvalue weighted by atomic mass is 14.4. The molecule has 0 saturated heterocycles. The Bertz CT molecular complexity index is 3100. The molecule has 0 N–H and O–H groups in total. The third kappa shape index (κ3) is 4.71. The highest BCUT2D eigenvalue weighted by Crippen LogP contribution is 2.51. The van der Waals surface area contributed by atoms with E-state index in [0.29, 0.717) is 0 Å². The second-order valence-corrected chi connectivity index (χ2v) is 15.7. The van der Waals surface area contributed by atoms with Gasteiger partial charge in [-0.1, -0.05) is 184 Å². The molecular weight excluding hydrogens is 661 g/mol. The zero-order valence-electron chi connectivity index (χ0n) is 31.0. The lowest BCUT2D eigenvalue weighted by Crippen LogP contribution is -2.15. The standard InChI is InChI=1S/C55H38/c1-4-35-23-24-38(41-28-29-50-44-16-9-8-15-43(44)49-19-11-18-48(41)54(49)50)31-36(35)22-20-34-21-26-46-47-27-25-39(33-53(47)55(2,3)52(46)30-34)51-32-37-12-5-6-13-40(37)42-14-7-10-17-45(42)51/h4-33H,1H2,2-3H3. The van der Waals surface area contributed by atoms with Crippen LogP contribution in [0.4, 0.5) is 0 Å². The van der Waals surface area contributed by atoms with E-state index in [1.807, 2.05) is 6.08 Å². The van der Waals surface area contributed by atoms with E-state index < -0.39 is 0 Å². The first-order chi connectivity index (χ1) is 27.0. The molecule has 0 saturated carbocycles. The smallest absolute Gasteiger partial charge is 0.0159 e. The van der Waals surface area contributed by atoms with Crippen LogP contribution in [0.1, 0.15) is 41.7 Å². The molecule has 0 nitrogen and oxygen atoms in total. The van der Waals surface area contributed by atoms with Crippen molar-refractivity contribution in [2.45, 2.75) is 19.3 Å². The molecule has 258 valence electrons. The minimum atomic E-state index is -0.140. The van der Waals surface area contributed by atoms with Gasteiger partial charge in [0.25, 0.3) is 0 Å². The average molecular weight is 699 g/mol. The number of hydrogen-bond acceptors (Lipinski definition) is 0. The van der Waals surface area contributed by atoms with E-state index in [4.69, 9.17) is 0 Å². The van der Waals surface area contributed by atoms with Crippen LogP contribution in [0.2, 0.25) is 0 Å². The van der Waals surface area contributed by atoms with Gasteiger partial charge < -0.3 is 0 Å². The lowest BCUT2D eigenvalue weighted by atomic mass is 9.81. The molecule has 0 heteroatoms. The van der Waals surface area contributed by atoms with Gasteiger partial charge in [-0.25, -0.2) is 0 Å². The first-order valence-corrected chi connectivity index (χ1v) is 19.3. The van der Waals surface area contributed by atoms with Gasteiger partial charge in [-0.3, -0.25) is 0 Å². The van der Waals surface area contributed by atoms with Crippen molar-refractivity contribution in [3.05, 3.63) is 198 Å². The van der Waals surface area contributed by atoms with Gasteiger partial charge >= 0.3 is 0 Å². The summed E-state index contributed by atoms with van der Waals surface area (Å²) in [5, 5.41) is 7.82. The summed E-state index contributed by atoms with van der Waals surface area (Å²) in [7, 11) is 0. The van der Waals surface area contributed by atoms with Gasteiger partial charge in [-0.15, -0.1) is 0 Å². The predicted molar refractivity (Wildman–Crippen MR) is 237 cm³/mol. The molecule has 0 amide bonds. The van der Waals surface area contributed by atoms with E-state index in [2.05, 4.69) is 196 Å². The Labute approximate surface area is 322 Å². The highest BCUT2D eigenvalue weighted by Gasteiger charge is 2.36. The first kappa shape index (κ1) is 31.7. The Morgan fingerprint density at radius 1 is 0.400 bits per heavy atom. The number of rotatable bonds is 5. The van der Waals surface area contributed by atoms with Crippen molar-refractivity contribution in [2.24, 2.45) is 0 Å². The van der Waals surface area contributed by atoms with Crippen molar-refractivity contribution in [2.75, 3.05) is 0 Å². The minimum absolute atomic E-state index is 0.140. The lowest BCUT2D eigenvalue weighted by molar-refractivity contribution is 0.660. The van der Waals surface area contributed by atoms with Gasteiger partial charge in [0.05, 0.1) is 0 Å². The molecule has 55 heavy (non-hydrogen) atoms. The Balaban J connectivity index is 0.952. The third-order valence-electron chi connectivity index (χ3n) is 12.4. The molecule has 0 aromatic heterocycles. The second-order valence-electron chi connectivity index (χ2n) is 15.7. The molecule has 0 atom stereocenters. The molecule has 0 radical (unpaired) electrons. The van der Waals surface area contributed by atoms with Crippen LogP contribution in [0.25, 0.3) is 106 Å². The van der Waals surface area contributed by atoms with Crippen LogP contribution in [0.3, 0.4) is 0 Å². The Morgan fingerprint density at radius 2 is 1.00 bits per heavy atom. The summed E-state index contributed by atoms with van der Waals surface area (Å²) in [6.45, 7) is 8.93. The summed E-state index contributed by atoms with van der Waals surface area (Å²) in [6.07, 6.45) is 6.49. The number of benzene rings is 9. The fraction of sp³-hybridized carbons (Fsp3) is 0.0545. The third-order valence-corrected chi connectivity index (χ3v) is 12.4. The topological polar surface area (TPSA) is 0 Å². The Morgan fingerprint density at radius 3 is 1.82 bits per heavy atom. The van der Waals surface area contributed by atoms with Gasteiger partial charge in [-0.2, -0.15) is 0 Å². The van der Waals surface area contributed by atoms with Crippen LogP contribution in [-0.2, 0) is 5.41 Å². The summed E-state index contributed by atoms with van der Waals surface area (Å²) in [6, 6.07) is 60.9.